The van der Waals surface area contributed by atoms with Crippen molar-refractivity contribution in [2.75, 3.05) is 5.32 Å². The van der Waals surface area contributed by atoms with Crippen molar-refractivity contribution in [1.29, 1.82) is 0 Å². The van der Waals surface area contributed by atoms with E-state index in [1.165, 1.54) is 6.20 Å². The molecule has 1 amide bonds. The Morgan fingerprint density at radius 3 is 2.63 bits per heavy atom. The molecule has 4 N–H and O–H groups in total. The zero-order valence-corrected chi connectivity index (χ0v) is 18.9. The van der Waals surface area contributed by atoms with Crippen molar-refractivity contribution < 1.29 is 15.0 Å². The molecule has 0 atom stereocenters. The number of aromatic nitrogens is 3. The SMILES string of the molecule is Cn1cc(C(=O)Nc2ccc(Cc3ccc4[nH]c(O)c(C=Nc5cccc(O)c5)c4c3)cc2)cn1. The van der Waals surface area contributed by atoms with E-state index in [-0.39, 0.29) is 17.5 Å². The van der Waals surface area contributed by atoms with E-state index in [0.717, 1.165) is 22.0 Å². The smallest absolute Gasteiger partial charge is 0.258 e. The van der Waals surface area contributed by atoms with E-state index in [1.54, 1.807) is 48.4 Å². The summed E-state index contributed by atoms with van der Waals surface area (Å²) in [5.41, 5.74) is 5.33. The molecule has 5 rings (SSSR count). The summed E-state index contributed by atoms with van der Waals surface area (Å²) in [6.07, 6.45) is 5.47. The van der Waals surface area contributed by atoms with Crippen LogP contribution in [0.1, 0.15) is 27.0 Å². The second-order valence-electron chi connectivity index (χ2n) is 8.28. The van der Waals surface area contributed by atoms with Gasteiger partial charge in [0.05, 0.1) is 23.0 Å². The maximum Gasteiger partial charge on any atom is 0.258 e. The van der Waals surface area contributed by atoms with Crippen LogP contribution >= 0.6 is 0 Å². The molecule has 0 saturated heterocycles. The molecule has 2 heterocycles. The summed E-state index contributed by atoms with van der Waals surface area (Å²) in [6.45, 7) is 0. The highest BCUT2D eigenvalue weighted by Crippen LogP contribution is 2.28. The van der Waals surface area contributed by atoms with Crippen molar-refractivity contribution in [3.05, 3.63) is 101 Å². The van der Waals surface area contributed by atoms with Crippen LogP contribution in [0.3, 0.4) is 0 Å². The molecule has 174 valence electrons. The number of aryl methyl sites for hydroxylation is 1. The van der Waals surface area contributed by atoms with Crippen LogP contribution in [0.2, 0.25) is 0 Å². The highest BCUT2D eigenvalue weighted by molar-refractivity contribution is 6.04. The Morgan fingerprint density at radius 2 is 1.89 bits per heavy atom. The van der Waals surface area contributed by atoms with Gasteiger partial charge >= 0.3 is 0 Å². The number of aromatic amines is 1. The first-order valence-electron chi connectivity index (χ1n) is 11.0. The average molecular weight is 466 g/mol. The first kappa shape index (κ1) is 22.0. The zero-order valence-electron chi connectivity index (χ0n) is 18.9. The molecule has 0 saturated carbocycles. The van der Waals surface area contributed by atoms with Gasteiger partial charge in [0, 0.05) is 42.1 Å². The second kappa shape index (κ2) is 9.18. The molecular weight excluding hydrogens is 442 g/mol. The van der Waals surface area contributed by atoms with Gasteiger partial charge in [0.25, 0.3) is 5.91 Å². The largest absolute Gasteiger partial charge is 0.508 e. The zero-order chi connectivity index (χ0) is 24.4. The maximum absolute atomic E-state index is 12.3. The first-order valence-corrected chi connectivity index (χ1v) is 11.0. The number of aromatic hydroxyl groups is 2. The molecule has 0 spiro atoms. The van der Waals surface area contributed by atoms with Gasteiger partial charge in [0.2, 0.25) is 0 Å². The lowest BCUT2D eigenvalue weighted by atomic mass is 10.0. The van der Waals surface area contributed by atoms with Crippen LogP contribution in [-0.4, -0.2) is 37.1 Å². The number of H-pyrrole nitrogens is 1. The number of nitrogens with one attached hydrogen (secondary N) is 2. The van der Waals surface area contributed by atoms with Gasteiger partial charge in [-0.1, -0.05) is 24.3 Å². The summed E-state index contributed by atoms with van der Waals surface area (Å²) in [5, 5.41) is 27.8. The van der Waals surface area contributed by atoms with E-state index < -0.39 is 0 Å². The van der Waals surface area contributed by atoms with Gasteiger partial charge in [-0.2, -0.15) is 5.10 Å². The highest BCUT2D eigenvalue weighted by atomic mass is 16.3. The lowest BCUT2D eigenvalue weighted by molar-refractivity contribution is 0.102. The topological polar surface area (TPSA) is 116 Å². The lowest BCUT2D eigenvalue weighted by Gasteiger charge is -2.06. The molecule has 8 nitrogen and oxygen atoms in total. The summed E-state index contributed by atoms with van der Waals surface area (Å²) in [7, 11) is 1.77. The molecule has 3 aromatic carbocycles. The number of phenols is 1. The van der Waals surface area contributed by atoms with Crippen LogP contribution in [0.4, 0.5) is 11.4 Å². The van der Waals surface area contributed by atoms with Crippen molar-refractivity contribution in [1.82, 2.24) is 14.8 Å². The van der Waals surface area contributed by atoms with Crippen molar-refractivity contribution in [2.45, 2.75) is 6.42 Å². The Morgan fingerprint density at radius 1 is 1.09 bits per heavy atom. The fourth-order valence-electron chi connectivity index (χ4n) is 3.88. The Labute approximate surface area is 201 Å². The Bertz CT molecular complexity index is 1550. The number of fused-ring (bicyclic) bond motifs is 1. The molecule has 0 fully saturated rings. The Balaban J connectivity index is 1.33. The molecule has 0 radical (unpaired) electrons. The first-order chi connectivity index (χ1) is 16.9. The van der Waals surface area contributed by atoms with Crippen molar-refractivity contribution in [3.63, 3.8) is 0 Å². The van der Waals surface area contributed by atoms with Gasteiger partial charge in [0.15, 0.2) is 5.88 Å². The van der Waals surface area contributed by atoms with Crippen LogP contribution in [0.25, 0.3) is 10.9 Å². The van der Waals surface area contributed by atoms with E-state index in [4.69, 9.17) is 0 Å². The number of carbonyl (C=O) groups excluding carboxylic acids is 1. The average Bonchev–Trinajstić information content (AvgIpc) is 3.41. The number of aliphatic imine (C=N–C) groups is 1. The van der Waals surface area contributed by atoms with Gasteiger partial charge in [-0.05, 0) is 53.9 Å². The van der Waals surface area contributed by atoms with E-state index in [0.29, 0.717) is 28.9 Å². The van der Waals surface area contributed by atoms with E-state index >= 15 is 0 Å². The standard InChI is InChI=1S/C27H23N5O3/c1-32-16-19(14-29-32)26(34)30-20-8-5-17(6-9-20)11-18-7-10-25-23(12-18)24(27(35)31-25)15-28-21-3-2-4-22(33)13-21/h2-10,12-16,31,33,35H,11H2,1H3,(H,30,34). The van der Waals surface area contributed by atoms with Gasteiger partial charge in [-0.25, -0.2) is 0 Å². The Kier molecular flexibility index (Phi) is 5.76. The molecule has 0 bridgehead atoms. The third kappa shape index (κ3) is 4.91. The van der Waals surface area contributed by atoms with E-state index in [2.05, 4.69) is 20.4 Å². The maximum atomic E-state index is 12.3. The molecule has 0 aliphatic rings. The van der Waals surface area contributed by atoms with Crippen molar-refractivity contribution in [2.24, 2.45) is 12.0 Å². The van der Waals surface area contributed by atoms with Crippen LogP contribution in [-0.2, 0) is 13.5 Å². The molecular formula is C27H23N5O3. The molecule has 0 unspecified atom stereocenters. The van der Waals surface area contributed by atoms with Gasteiger partial charge in [-0.3, -0.25) is 14.5 Å². The quantitative estimate of drug-likeness (QED) is 0.267. The number of phenolic OH excluding ortho intramolecular Hbond substituents is 1. The van der Waals surface area contributed by atoms with Gasteiger partial charge < -0.3 is 20.5 Å². The summed E-state index contributed by atoms with van der Waals surface area (Å²) < 4.78 is 1.59. The van der Waals surface area contributed by atoms with Crippen LogP contribution in [0, 0.1) is 0 Å². The highest BCUT2D eigenvalue weighted by Gasteiger charge is 2.11. The number of benzene rings is 3. The van der Waals surface area contributed by atoms with Crippen LogP contribution in [0.5, 0.6) is 11.6 Å². The summed E-state index contributed by atoms with van der Waals surface area (Å²) >= 11 is 0. The molecule has 5 aromatic rings. The number of amides is 1. The number of nitrogens with zero attached hydrogens (tertiary/aromatic N) is 3. The van der Waals surface area contributed by atoms with Crippen molar-refractivity contribution in [3.8, 4) is 11.6 Å². The molecule has 8 heteroatoms. The van der Waals surface area contributed by atoms with E-state index in [9.17, 15) is 15.0 Å². The third-order valence-electron chi connectivity index (χ3n) is 5.64. The Hall–Kier alpha value is -4.85. The second-order valence-corrected chi connectivity index (χ2v) is 8.28. The number of carbonyl (C=O) groups is 1. The number of hydrogen-bond acceptors (Lipinski definition) is 5. The molecule has 0 aliphatic heterocycles. The molecule has 2 aromatic heterocycles. The third-order valence-corrected chi connectivity index (χ3v) is 5.64. The minimum atomic E-state index is -0.205. The molecule has 35 heavy (non-hydrogen) atoms. The van der Waals surface area contributed by atoms with E-state index in [1.807, 2.05) is 42.5 Å². The number of rotatable bonds is 6. The molecule has 0 aliphatic carbocycles. The predicted octanol–water partition coefficient (Wildman–Crippen LogP) is 4.91. The van der Waals surface area contributed by atoms with Gasteiger partial charge in [0.1, 0.15) is 5.75 Å². The lowest BCUT2D eigenvalue weighted by Crippen LogP contribution is -2.11. The van der Waals surface area contributed by atoms with Crippen LogP contribution < -0.4 is 5.32 Å². The minimum Gasteiger partial charge on any atom is -0.508 e. The fourth-order valence-corrected chi connectivity index (χ4v) is 3.88. The fraction of sp³-hybridized carbons (Fsp3) is 0.0741. The van der Waals surface area contributed by atoms with Crippen LogP contribution in [0.15, 0.2) is 84.1 Å². The van der Waals surface area contributed by atoms with Crippen molar-refractivity contribution >= 4 is 34.4 Å². The summed E-state index contributed by atoms with van der Waals surface area (Å²) in [6, 6.07) is 20.3. The predicted molar refractivity (Wildman–Crippen MR) is 136 cm³/mol. The monoisotopic (exact) mass is 465 g/mol. The van der Waals surface area contributed by atoms with Gasteiger partial charge in [-0.15, -0.1) is 0 Å². The minimum absolute atomic E-state index is 0.0368. The summed E-state index contributed by atoms with van der Waals surface area (Å²) in [5.74, 6) is -0.0361. The number of hydrogen-bond donors (Lipinski definition) is 4. The summed E-state index contributed by atoms with van der Waals surface area (Å²) in [4.78, 5) is 19.7. The number of anilines is 1. The normalized spacial score (nSPS) is 11.3.